The molecule has 0 aromatic heterocycles. The molecule has 0 bridgehead atoms. The van der Waals surface area contributed by atoms with E-state index in [2.05, 4.69) is 31.0 Å². The highest BCUT2D eigenvalue weighted by Crippen LogP contribution is 2.15. The summed E-state index contributed by atoms with van der Waals surface area (Å²) in [4.78, 5) is 16.8. The van der Waals surface area contributed by atoms with Gasteiger partial charge in [0.05, 0.1) is 5.92 Å². The van der Waals surface area contributed by atoms with Crippen LogP contribution in [0.15, 0.2) is 0 Å². The van der Waals surface area contributed by atoms with Gasteiger partial charge in [-0.05, 0) is 19.5 Å². The van der Waals surface area contributed by atoms with Crippen molar-refractivity contribution in [2.45, 2.75) is 20.8 Å². The Morgan fingerprint density at radius 2 is 1.82 bits per heavy atom. The monoisotopic (exact) mass is 241 g/mol. The number of likely N-dealkylation sites (N-methyl/N-ethyl adjacent to an activating group) is 1. The van der Waals surface area contributed by atoms with Gasteiger partial charge in [-0.1, -0.05) is 20.8 Å². The van der Waals surface area contributed by atoms with Gasteiger partial charge in [0, 0.05) is 32.7 Å². The van der Waals surface area contributed by atoms with Gasteiger partial charge in [0.2, 0.25) is 5.91 Å². The highest BCUT2D eigenvalue weighted by Gasteiger charge is 2.28. The van der Waals surface area contributed by atoms with Crippen LogP contribution in [0.1, 0.15) is 20.8 Å². The van der Waals surface area contributed by atoms with Gasteiger partial charge >= 0.3 is 0 Å². The van der Waals surface area contributed by atoms with E-state index in [9.17, 15) is 4.79 Å². The maximum Gasteiger partial charge on any atom is 0.227 e. The lowest BCUT2D eigenvalue weighted by Gasteiger charge is -2.36. The van der Waals surface area contributed by atoms with E-state index in [1.165, 1.54) is 0 Å². The van der Waals surface area contributed by atoms with E-state index >= 15 is 0 Å². The summed E-state index contributed by atoms with van der Waals surface area (Å²) in [7, 11) is 1.91. The molecule has 1 saturated heterocycles. The molecular formula is C13H27N3O. The molecule has 1 N–H and O–H groups in total. The predicted molar refractivity (Wildman–Crippen MR) is 70.9 cm³/mol. The molecule has 1 amide bonds. The molecule has 0 radical (unpaired) electrons. The van der Waals surface area contributed by atoms with Crippen molar-refractivity contribution in [3.8, 4) is 0 Å². The van der Waals surface area contributed by atoms with Crippen LogP contribution >= 0.6 is 0 Å². The van der Waals surface area contributed by atoms with E-state index in [4.69, 9.17) is 0 Å². The fourth-order valence-electron chi connectivity index (χ4n) is 2.35. The SMILES string of the molecule is CCN1CCN(C(=O)C(CNC)C(C)C)CC1. The third-order valence-corrected chi connectivity index (χ3v) is 3.68. The van der Waals surface area contributed by atoms with E-state index in [-0.39, 0.29) is 5.92 Å². The van der Waals surface area contributed by atoms with Crippen molar-refractivity contribution in [1.82, 2.24) is 15.1 Å². The van der Waals surface area contributed by atoms with Crippen LogP contribution in [0.25, 0.3) is 0 Å². The first kappa shape index (κ1) is 14.5. The number of amides is 1. The first-order valence-corrected chi connectivity index (χ1v) is 6.75. The van der Waals surface area contributed by atoms with Crippen LogP contribution in [0.5, 0.6) is 0 Å². The van der Waals surface area contributed by atoms with Crippen LogP contribution in [0.3, 0.4) is 0 Å². The van der Waals surface area contributed by atoms with Crippen molar-refractivity contribution in [3.05, 3.63) is 0 Å². The summed E-state index contributed by atoms with van der Waals surface area (Å²) in [5.41, 5.74) is 0. The van der Waals surface area contributed by atoms with Gasteiger partial charge in [-0.15, -0.1) is 0 Å². The maximum atomic E-state index is 12.4. The maximum absolute atomic E-state index is 12.4. The summed E-state index contributed by atoms with van der Waals surface area (Å²) < 4.78 is 0. The van der Waals surface area contributed by atoms with Gasteiger partial charge in [0.15, 0.2) is 0 Å². The number of carbonyl (C=O) groups excluding carboxylic acids is 1. The smallest absolute Gasteiger partial charge is 0.227 e. The summed E-state index contributed by atoms with van der Waals surface area (Å²) in [6.45, 7) is 12.1. The van der Waals surface area contributed by atoms with Crippen molar-refractivity contribution in [3.63, 3.8) is 0 Å². The van der Waals surface area contributed by atoms with Crippen molar-refractivity contribution < 1.29 is 4.79 Å². The number of nitrogens with zero attached hydrogens (tertiary/aromatic N) is 2. The van der Waals surface area contributed by atoms with Gasteiger partial charge < -0.3 is 15.1 Å². The minimum Gasteiger partial charge on any atom is -0.340 e. The van der Waals surface area contributed by atoms with Crippen molar-refractivity contribution in [2.24, 2.45) is 11.8 Å². The number of hydrogen-bond acceptors (Lipinski definition) is 3. The fourth-order valence-corrected chi connectivity index (χ4v) is 2.35. The highest BCUT2D eigenvalue weighted by molar-refractivity contribution is 5.79. The molecule has 1 rings (SSSR count). The number of carbonyl (C=O) groups is 1. The molecule has 0 aromatic carbocycles. The number of hydrogen-bond donors (Lipinski definition) is 1. The quantitative estimate of drug-likeness (QED) is 0.767. The predicted octanol–water partition coefficient (Wildman–Crippen LogP) is 0.642. The molecule has 1 unspecified atom stereocenters. The second-order valence-electron chi connectivity index (χ2n) is 5.17. The zero-order valence-corrected chi connectivity index (χ0v) is 11.7. The Kier molecular flexibility index (Phi) is 5.92. The summed E-state index contributed by atoms with van der Waals surface area (Å²) in [5, 5.41) is 3.13. The van der Waals surface area contributed by atoms with Gasteiger partial charge in [0.1, 0.15) is 0 Å². The van der Waals surface area contributed by atoms with E-state index in [0.29, 0.717) is 11.8 Å². The van der Waals surface area contributed by atoms with Crippen LogP contribution in [0.4, 0.5) is 0 Å². The standard InChI is InChI=1S/C13H27N3O/c1-5-15-6-8-16(9-7-15)13(17)12(10-14-4)11(2)3/h11-12,14H,5-10H2,1-4H3. The Hall–Kier alpha value is -0.610. The lowest BCUT2D eigenvalue weighted by molar-refractivity contribution is -0.138. The molecule has 0 spiro atoms. The van der Waals surface area contributed by atoms with Gasteiger partial charge in [-0.25, -0.2) is 0 Å². The Balaban J connectivity index is 2.51. The Bertz CT molecular complexity index is 235. The third kappa shape index (κ3) is 3.96. The summed E-state index contributed by atoms with van der Waals surface area (Å²) >= 11 is 0. The number of nitrogens with one attached hydrogen (secondary N) is 1. The molecule has 1 atom stereocenters. The molecule has 100 valence electrons. The molecule has 1 aliphatic heterocycles. The molecule has 1 aliphatic rings. The molecule has 4 nitrogen and oxygen atoms in total. The average molecular weight is 241 g/mol. The first-order chi connectivity index (χ1) is 8.10. The summed E-state index contributed by atoms with van der Waals surface area (Å²) in [6.07, 6.45) is 0. The first-order valence-electron chi connectivity index (χ1n) is 6.75. The molecule has 1 heterocycles. The molecule has 0 aromatic rings. The topological polar surface area (TPSA) is 35.6 Å². The number of rotatable bonds is 5. The van der Waals surface area contributed by atoms with E-state index in [1.807, 2.05) is 11.9 Å². The fraction of sp³-hybridized carbons (Fsp3) is 0.923. The molecule has 0 saturated carbocycles. The summed E-state index contributed by atoms with van der Waals surface area (Å²) in [5.74, 6) is 0.845. The van der Waals surface area contributed by atoms with Crippen LogP contribution in [0, 0.1) is 11.8 Å². The highest BCUT2D eigenvalue weighted by atomic mass is 16.2. The van der Waals surface area contributed by atoms with Crippen molar-refractivity contribution >= 4 is 5.91 Å². The Morgan fingerprint density at radius 3 is 2.24 bits per heavy atom. The van der Waals surface area contributed by atoms with Gasteiger partial charge in [-0.3, -0.25) is 4.79 Å². The minimum atomic E-state index is 0.119. The molecule has 1 fully saturated rings. The molecule has 17 heavy (non-hydrogen) atoms. The zero-order valence-electron chi connectivity index (χ0n) is 11.7. The third-order valence-electron chi connectivity index (χ3n) is 3.68. The Labute approximate surface area is 105 Å². The zero-order chi connectivity index (χ0) is 12.8. The van der Waals surface area contributed by atoms with E-state index < -0.39 is 0 Å². The van der Waals surface area contributed by atoms with E-state index in [0.717, 1.165) is 39.3 Å². The lowest BCUT2D eigenvalue weighted by atomic mass is 9.94. The second kappa shape index (κ2) is 6.97. The second-order valence-corrected chi connectivity index (χ2v) is 5.17. The van der Waals surface area contributed by atoms with Crippen molar-refractivity contribution in [1.29, 1.82) is 0 Å². The molecule has 0 aliphatic carbocycles. The van der Waals surface area contributed by atoms with Crippen LogP contribution in [-0.2, 0) is 4.79 Å². The number of piperazine rings is 1. The minimum absolute atomic E-state index is 0.119. The largest absolute Gasteiger partial charge is 0.340 e. The summed E-state index contributed by atoms with van der Waals surface area (Å²) in [6, 6.07) is 0. The molecule has 4 heteroatoms. The average Bonchev–Trinajstić information content (AvgIpc) is 2.35. The lowest BCUT2D eigenvalue weighted by Crippen LogP contribution is -2.51. The molecular weight excluding hydrogens is 214 g/mol. The normalized spacial score (nSPS) is 19.7. The van der Waals surface area contributed by atoms with Gasteiger partial charge in [-0.2, -0.15) is 0 Å². The van der Waals surface area contributed by atoms with Gasteiger partial charge in [0.25, 0.3) is 0 Å². The Morgan fingerprint density at radius 1 is 1.24 bits per heavy atom. The van der Waals surface area contributed by atoms with Crippen LogP contribution < -0.4 is 5.32 Å². The van der Waals surface area contributed by atoms with Crippen LogP contribution in [-0.4, -0.2) is 62.0 Å². The van der Waals surface area contributed by atoms with Crippen LogP contribution in [0.2, 0.25) is 0 Å². The van der Waals surface area contributed by atoms with E-state index in [1.54, 1.807) is 0 Å². The van der Waals surface area contributed by atoms with Crippen molar-refractivity contribution in [2.75, 3.05) is 46.3 Å².